The van der Waals surface area contributed by atoms with E-state index in [-0.39, 0.29) is 18.0 Å². The SMILES string of the molecule is CC1CCC(C(=O)NC(C)C)NC1. The second-order valence-corrected chi connectivity index (χ2v) is 4.31. The molecule has 0 aliphatic carbocycles. The summed E-state index contributed by atoms with van der Waals surface area (Å²) in [6, 6.07) is 0.284. The number of rotatable bonds is 2. The maximum absolute atomic E-state index is 11.5. The average molecular weight is 184 g/mol. The number of hydrogen-bond donors (Lipinski definition) is 2. The summed E-state index contributed by atoms with van der Waals surface area (Å²) in [6.07, 6.45) is 2.13. The van der Waals surface area contributed by atoms with Gasteiger partial charge in [-0.2, -0.15) is 0 Å². The predicted octanol–water partition coefficient (Wildman–Crippen LogP) is 0.899. The standard InChI is InChI=1S/C10H20N2O/c1-7(2)12-10(13)9-5-4-8(3)6-11-9/h7-9,11H,4-6H2,1-3H3,(H,12,13). The van der Waals surface area contributed by atoms with Crippen molar-refractivity contribution in [2.45, 2.75) is 45.7 Å². The molecule has 1 fully saturated rings. The van der Waals surface area contributed by atoms with Gasteiger partial charge in [0.2, 0.25) is 5.91 Å². The van der Waals surface area contributed by atoms with E-state index in [0.717, 1.165) is 19.4 Å². The first-order valence-corrected chi connectivity index (χ1v) is 5.13. The first kappa shape index (κ1) is 10.5. The van der Waals surface area contributed by atoms with E-state index in [0.29, 0.717) is 5.92 Å². The van der Waals surface area contributed by atoms with Gasteiger partial charge in [0.25, 0.3) is 0 Å². The molecule has 0 radical (unpaired) electrons. The van der Waals surface area contributed by atoms with Gasteiger partial charge in [-0.1, -0.05) is 6.92 Å². The minimum atomic E-state index is 0.0404. The quantitative estimate of drug-likeness (QED) is 0.669. The number of hydrogen-bond acceptors (Lipinski definition) is 2. The Morgan fingerprint density at radius 1 is 1.46 bits per heavy atom. The third-order valence-electron chi connectivity index (χ3n) is 2.41. The van der Waals surface area contributed by atoms with Gasteiger partial charge in [-0.25, -0.2) is 0 Å². The van der Waals surface area contributed by atoms with Crippen molar-refractivity contribution in [2.75, 3.05) is 6.54 Å². The van der Waals surface area contributed by atoms with Crippen LogP contribution in [0.25, 0.3) is 0 Å². The molecular weight excluding hydrogens is 164 g/mol. The Morgan fingerprint density at radius 3 is 2.62 bits per heavy atom. The van der Waals surface area contributed by atoms with Crippen LogP contribution < -0.4 is 10.6 Å². The lowest BCUT2D eigenvalue weighted by Crippen LogP contribution is -2.50. The molecule has 0 aromatic carbocycles. The lowest BCUT2D eigenvalue weighted by atomic mass is 9.96. The van der Waals surface area contributed by atoms with Crippen molar-refractivity contribution in [2.24, 2.45) is 5.92 Å². The molecule has 76 valence electrons. The van der Waals surface area contributed by atoms with E-state index in [2.05, 4.69) is 17.6 Å². The largest absolute Gasteiger partial charge is 0.353 e. The van der Waals surface area contributed by atoms with Gasteiger partial charge >= 0.3 is 0 Å². The molecule has 0 aromatic heterocycles. The number of carbonyl (C=O) groups is 1. The van der Waals surface area contributed by atoms with Crippen LogP contribution in [0.5, 0.6) is 0 Å². The van der Waals surface area contributed by atoms with Crippen molar-refractivity contribution in [1.29, 1.82) is 0 Å². The maximum atomic E-state index is 11.5. The summed E-state index contributed by atoms with van der Waals surface area (Å²) >= 11 is 0. The van der Waals surface area contributed by atoms with Gasteiger partial charge in [-0.05, 0) is 39.2 Å². The summed E-state index contributed by atoms with van der Waals surface area (Å²) in [6.45, 7) is 7.16. The highest BCUT2D eigenvalue weighted by atomic mass is 16.2. The van der Waals surface area contributed by atoms with Gasteiger partial charge in [0.1, 0.15) is 0 Å². The van der Waals surface area contributed by atoms with Crippen molar-refractivity contribution in [3.05, 3.63) is 0 Å². The fourth-order valence-electron chi connectivity index (χ4n) is 1.61. The Balaban J connectivity index is 2.31. The molecule has 1 amide bonds. The third kappa shape index (κ3) is 3.35. The van der Waals surface area contributed by atoms with E-state index in [1.165, 1.54) is 0 Å². The minimum Gasteiger partial charge on any atom is -0.353 e. The Labute approximate surface area is 80.3 Å². The molecule has 0 bridgehead atoms. The molecule has 1 rings (SSSR count). The molecule has 1 aliphatic heterocycles. The van der Waals surface area contributed by atoms with Crippen LogP contribution in [0.1, 0.15) is 33.6 Å². The fraction of sp³-hybridized carbons (Fsp3) is 0.900. The topological polar surface area (TPSA) is 41.1 Å². The van der Waals surface area contributed by atoms with E-state index < -0.39 is 0 Å². The molecule has 1 heterocycles. The fourth-order valence-corrected chi connectivity index (χ4v) is 1.61. The van der Waals surface area contributed by atoms with Gasteiger partial charge in [0, 0.05) is 6.04 Å². The first-order valence-electron chi connectivity index (χ1n) is 5.13. The molecule has 1 aliphatic rings. The van der Waals surface area contributed by atoms with Crippen LogP contribution in [0, 0.1) is 5.92 Å². The van der Waals surface area contributed by atoms with Gasteiger partial charge in [-0.3, -0.25) is 4.79 Å². The number of carbonyl (C=O) groups excluding carboxylic acids is 1. The van der Waals surface area contributed by atoms with E-state index >= 15 is 0 Å². The van der Waals surface area contributed by atoms with Gasteiger partial charge in [0.15, 0.2) is 0 Å². The minimum absolute atomic E-state index is 0.0404. The van der Waals surface area contributed by atoms with E-state index in [9.17, 15) is 4.79 Å². The molecular formula is C10H20N2O. The van der Waals surface area contributed by atoms with Crippen LogP contribution in [0.4, 0.5) is 0 Å². The van der Waals surface area contributed by atoms with Crippen LogP contribution in [-0.2, 0) is 4.79 Å². The predicted molar refractivity (Wildman–Crippen MR) is 53.5 cm³/mol. The van der Waals surface area contributed by atoms with Crippen molar-refractivity contribution < 1.29 is 4.79 Å². The normalized spacial score (nSPS) is 28.9. The van der Waals surface area contributed by atoms with Crippen LogP contribution in [-0.4, -0.2) is 24.5 Å². The van der Waals surface area contributed by atoms with Gasteiger partial charge < -0.3 is 10.6 Å². The molecule has 0 aromatic rings. The zero-order chi connectivity index (χ0) is 9.84. The lowest BCUT2D eigenvalue weighted by Gasteiger charge is -2.27. The van der Waals surface area contributed by atoms with E-state index in [1.807, 2.05) is 13.8 Å². The maximum Gasteiger partial charge on any atom is 0.237 e. The monoisotopic (exact) mass is 184 g/mol. The summed E-state index contributed by atoms with van der Waals surface area (Å²) < 4.78 is 0. The number of amides is 1. The molecule has 2 N–H and O–H groups in total. The summed E-state index contributed by atoms with van der Waals surface area (Å²) in [7, 11) is 0. The Morgan fingerprint density at radius 2 is 2.15 bits per heavy atom. The number of piperidine rings is 1. The van der Waals surface area contributed by atoms with Crippen LogP contribution >= 0.6 is 0 Å². The molecule has 13 heavy (non-hydrogen) atoms. The second-order valence-electron chi connectivity index (χ2n) is 4.31. The Hall–Kier alpha value is -0.570. The first-order chi connectivity index (χ1) is 6.09. The Bertz CT molecular complexity index is 172. The van der Waals surface area contributed by atoms with E-state index in [1.54, 1.807) is 0 Å². The summed E-state index contributed by atoms with van der Waals surface area (Å²) in [5, 5.41) is 6.19. The summed E-state index contributed by atoms with van der Waals surface area (Å²) in [5.74, 6) is 0.866. The Kier molecular flexibility index (Phi) is 3.72. The highest BCUT2D eigenvalue weighted by Gasteiger charge is 2.23. The molecule has 0 saturated carbocycles. The lowest BCUT2D eigenvalue weighted by molar-refractivity contribution is -0.124. The molecule has 2 atom stereocenters. The average Bonchev–Trinajstić information content (AvgIpc) is 2.04. The van der Waals surface area contributed by atoms with Crippen LogP contribution in [0.15, 0.2) is 0 Å². The molecule has 3 heteroatoms. The van der Waals surface area contributed by atoms with Crippen LogP contribution in [0.3, 0.4) is 0 Å². The van der Waals surface area contributed by atoms with Crippen molar-refractivity contribution in [3.63, 3.8) is 0 Å². The van der Waals surface area contributed by atoms with Gasteiger partial charge in [-0.15, -0.1) is 0 Å². The number of nitrogens with one attached hydrogen (secondary N) is 2. The molecule has 3 nitrogen and oxygen atoms in total. The van der Waals surface area contributed by atoms with Gasteiger partial charge in [0.05, 0.1) is 6.04 Å². The smallest absolute Gasteiger partial charge is 0.237 e. The molecule has 0 spiro atoms. The van der Waals surface area contributed by atoms with Crippen molar-refractivity contribution in [1.82, 2.24) is 10.6 Å². The van der Waals surface area contributed by atoms with E-state index in [4.69, 9.17) is 0 Å². The van der Waals surface area contributed by atoms with Crippen molar-refractivity contribution >= 4 is 5.91 Å². The van der Waals surface area contributed by atoms with Crippen molar-refractivity contribution in [3.8, 4) is 0 Å². The summed E-state index contributed by atoms with van der Waals surface area (Å²) in [4.78, 5) is 11.5. The highest BCUT2D eigenvalue weighted by molar-refractivity contribution is 5.82. The second kappa shape index (κ2) is 4.61. The zero-order valence-electron chi connectivity index (χ0n) is 8.76. The third-order valence-corrected chi connectivity index (χ3v) is 2.41. The summed E-state index contributed by atoms with van der Waals surface area (Å²) in [5.41, 5.74) is 0. The van der Waals surface area contributed by atoms with Crippen LogP contribution in [0.2, 0.25) is 0 Å². The highest BCUT2D eigenvalue weighted by Crippen LogP contribution is 2.13. The molecule has 2 unspecified atom stereocenters. The molecule has 1 saturated heterocycles. The zero-order valence-corrected chi connectivity index (χ0v) is 8.76.